The molecule has 2 heterocycles. The Bertz CT molecular complexity index is 1450. The number of aliphatic hydroxyl groups is 2. The van der Waals surface area contributed by atoms with Crippen molar-refractivity contribution in [3.63, 3.8) is 0 Å². The van der Waals surface area contributed by atoms with Crippen LogP contribution in [-0.2, 0) is 21.0 Å². The van der Waals surface area contributed by atoms with Gasteiger partial charge in [-0.1, -0.05) is 24.3 Å². The van der Waals surface area contributed by atoms with E-state index in [9.17, 15) is 18.6 Å². The molecule has 0 radical (unpaired) electrons. The molecule has 0 bridgehead atoms. The molecule has 0 aliphatic heterocycles. The maximum Gasteiger partial charge on any atom is 0.175 e. The summed E-state index contributed by atoms with van der Waals surface area (Å²) in [7, 11) is -3.31. The molecule has 8 heteroatoms. The Morgan fingerprint density at radius 2 is 1.53 bits per heavy atom. The van der Waals surface area contributed by atoms with Gasteiger partial charge in [-0.25, -0.2) is 13.1 Å². The second kappa shape index (κ2) is 8.46. The average molecular weight is 497 g/mol. The Labute approximate surface area is 204 Å². The van der Waals surface area contributed by atoms with Crippen LogP contribution in [0.5, 0.6) is 0 Å². The van der Waals surface area contributed by atoms with E-state index in [1.165, 1.54) is 17.6 Å². The minimum atomic E-state index is -3.31. The lowest BCUT2D eigenvalue weighted by Crippen LogP contribution is -2.17. The van der Waals surface area contributed by atoms with Crippen LogP contribution < -0.4 is 0 Å². The standard InChI is InChI=1S/C26H28N2O4S2/c1-25(2,29)18-9-7-10-19(15-18)28-21(16-24(27-28)26(3,4)30)23-13-12-22(33-23)17-8-6-11-20(14-17)34(5,31)32/h6-16,29-30H,1-5H3. The van der Waals surface area contributed by atoms with Gasteiger partial charge >= 0.3 is 0 Å². The van der Waals surface area contributed by atoms with Gasteiger partial charge in [0, 0.05) is 11.1 Å². The van der Waals surface area contributed by atoms with E-state index in [2.05, 4.69) is 0 Å². The van der Waals surface area contributed by atoms with Gasteiger partial charge in [0.25, 0.3) is 0 Å². The zero-order valence-electron chi connectivity index (χ0n) is 19.8. The number of thiophene rings is 1. The number of rotatable bonds is 6. The highest BCUT2D eigenvalue weighted by atomic mass is 32.2. The third-order valence-electron chi connectivity index (χ3n) is 5.54. The minimum Gasteiger partial charge on any atom is -0.386 e. The Balaban J connectivity index is 1.84. The summed E-state index contributed by atoms with van der Waals surface area (Å²) in [5.74, 6) is 0. The third-order valence-corrected chi connectivity index (χ3v) is 7.81. The lowest BCUT2D eigenvalue weighted by molar-refractivity contribution is 0.0732. The zero-order chi connectivity index (χ0) is 24.9. The van der Waals surface area contributed by atoms with Crippen LogP contribution in [0.1, 0.15) is 39.0 Å². The van der Waals surface area contributed by atoms with Crippen molar-refractivity contribution in [2.45, 2.75) is 43.8 Å². The molecular formula is C26H28N2O4S2. The zero-order valence-corrected chi connectivity index (χ0v) is 21.4. The monoisotopic (exact) mass is 496 g/mol. The molecule has 6 nitrogen and oxygen atoms in total. The number of hydrogen-bond acceptors (Lipinski definition) is 6. The molecule has 34 heavy (non-hydrogen) atoms. The molecule has 0 aliphatic rings. The average Bonchev–Trinajstić information content (AvgIpc) is 3.40. The van der Waals surface area contributed by atoms with E-state index in [1.54, 1.807) is 50.6 Å². The van der Waals surface area contributed by atoms with E-state index in [4.69, 9.17) is 5.10 Å². The normalized spacial score (nSPS) is 12.8. The van der Waals surface area contributed by atoms with Crippen molar-refractivity contribution in [1.82, 2.24) is 9.78 Å². The highest BCUT2D eigenvalue weighted by Crippen LogP contribution is 2.38. The number of benzene rings is 2. The first-order valence-electron chi connectivity index (χ1n) is 10.8. The number of nitrogens with zero attached hydrogens (tertiary/aromatic N) is 2. The molecule has 0 unspecified atom stereocenters. The Kier molecular flexibility index (Phi) is 6.06. The van der Waals surface area contributed by atoms with Crippen LogP contribution in [0.2, 0.25) is 0 Å². The highest BCUT2D eigenvalue weighted by Gasteiger charge is 2.25. The number of aromatic nitrogens is 2. The lowest BCUT2D eigenvalue weighted by Gasteiger charge is -2.19. The fraction of sp³-hybridized carbons (Fsp3) is 0.269. The molecule has 0 aliphatic carbocycles. The van der Waals surface area contributed by atoms with Crippen molar-refractivity contribution >= 4 is 21.2 Å². The molecule has 4 rings (SSSR count). The molecule has 4 aromatic rings. The smallest absolute Gasteiger partial charge is 0.175 e. The maximum atomic E-state index is 12.0. The van der Waals surface area contributed by atoms with Crippen LogP contribution in [0, 0.1) is 0 Å². The maximum absolute atomic E-state index is 12.0. The van der Waals surface area contributed by atoms with Gasteiger partial charge < -0.3 is 10.2 Å². The van der Waals surface area contributed by atoms with E-state index in [0.717, 1.165) is 32.3 Å². The van der Waals surface area contributed by atoms with Crippen LogP contribution in [-0.4, -0.2) is 34.7 Å². The Morgan fingerprint density at radius 1 is 0.853 bits per heavy atom. The topological polar surface area (TPSA) is 92.4 Å². The molecule has 0 amide bonds. The van der Waals surface area contributed by atoms with Gasteiger partial charge in [0.15, 0.2) is 9.84 Å². The fourth-order valence-corrected chi connectivity index (χ4v) is 5.25. The van der Waals surface area contributed by atoms with Crippen LogP contribution in [0.25, 0.3) is 26.7 Å². The minimum absolute atomic E-state index is 0.276. The Morgan fingerprint density at radius 3 is 2.18 bits per heavy atom. The molecule has 0 saturated heterocycles. The summed E-state index contributed by atoms with van der Waals surface area (Å²) >= 11 is 1.51. The van der Waals surface area contributed by atoms with Crippen LogP contribution >= 0.6 is 11.3 Å². The summed E-state index contributed by atoms with van der Waals surface area (Å²) in [6.07, 6.45) is 1.20. The second-order valence-corrected chi connectivity index (χ2v) is 12.6. The van der Waals surface area contributed by atoms with Crippen molar-refractivity contribution in [3.05, 3.63) is 78.0 Å². The molecule has 0 fully saturated rings. The van der Waals surface area contributed by atoms with Gasteiger partial charge in [0.1, 0.15) is 5.60 Å². The first-order valence-corrected chi connectivity index (χ1v) is 13.5. The van der Waals surface area contributed by atoms with Crippen molar-refractivity contribution < 1.29 is 18.6 Å². The van der Waals surface area contributed by atoms with E-state index in [-0.39, 0.29) is 4.90 Å². The van der Waals surface area contributed by atoms with Crippen molar-refractivity contribution in [3.8, 4) is 26.7 Å². The number of sulfone groups is 1. The fourth-order valence-electron chi connectivity index (χ4n) is 3.58. The number of hydrogen-bond donors (Lipinski definition) is 2. The summed E-state index contributed by atoms with van der Waals surface area (Å²) in [6.45, 7) is 6.84. The summed E-state index contributed by atoms with van der Waals surface area (Å²) in [5.41, 5.74) is 1.49. The molecule has 2 N–H and O–H groups in total. The molecule has 0 atom stereocenters. The van der Waals surface area contributed by atoms with Crippen LogP contribution in [0.3, 0.4) is 0 Å². The summed E-state index contributed by atoms with van der Waals surface area (Å²) in [6, 6.07) is 20.2. The molecule has 2 aromatic carbocycles. The van der Waals surface area contributed by atoms with E-state index < -0.39 is 21.0 Å². The molecule has 0 saturated carbocycles. The van der Waals surface area contributed by atoms with Crippen molar-refractivity contribution in [2.24, 2.45) is 0 Å². The van der Waals surface area contributed by atoms with Crippen molar-refractivity contribution in [1.29, 1.82) is 0 Å². The molecule has 2 aromatic heterocycles. The summed E-state index contributed by atoms with van der Waals surface area (Å²) < 4.78 is 25.7. The first-order chi connectivity index (χ1) is 15.7. The van der Waals surface area contributed by atoms with E-state index in [0.29, 0.717) is 5.69 Å². The van der Waals surface area contributed by atoms with Crippen LogP contribution in [0.4, 0.5) is 0 Å². The van der Waals surface area contributed by atoms with E-state index >= 15 is 0 Å². The quantitative estimate of drug-likeness (QED) is 0.386. The summed E-state index contributed by atoms with van der Waals surface area (Å²) in [5, 5.41) is 25.8. The molecule has 178 valence electrons. The highest BCUT2D eigenvalue weighted by molar-refractivity contribution is 7.90. The Hall–Kier alpha value is -2.78. The molecular weight excluding hydrogens is 468 g/mol. The third kappa shape index (κ3) is 5.00. The predicted molar refractivity (Wildman–Crippen MR) is 136 cm³/mol. The van der Waals surface area contributed by atoms with Crippen molar-refractivity contribution in [2.75, 3.05) is 6.26 Å². The first kappa shape index (κ1) is 24.3. The van der Waals surface area contributed by atoms with E-state index in [1.807, 2.05) is 48.5 Å². The van der Waals surface area contributed by atoms with Gasteiger partial charge in [-0.15, -0.1) is 11.3 Å². The molecule has 0 spiro atoms. The van der Waals surface area contributed by atoms with Gasteiger partial charge in [-0.3, -0.25) is 0 Å². The SMILES string of the molecule is CC(C)(O)c1cccc(-n2nc(C(C)(C)O)cc2-c2ccc(-c3cccc(S(C)(=O)=O)c3)s2)c1. The van der Waals surface area contributed by atoms with Gasteiger partial charge in [0.2, 0.25) is 0 Å². The predicted octanol–water partition coefficient (Wildman–Crippen LogP) is 5.13. The van der Waals surface area contributed by atoms with Gasteiger partial charge in [-0.05, 0) is 81.3 Å². The lowest BCUT2D eigenvalue weighted by atomic mass is 9.98. The second-order valence-electron chi connectivity index (χ2n) is 9.46. The largest absolute Gasteiger partial charge is 0.386 e. The van der Waals surface area contributed by atoms with Gasteiger partial charge in [0.05, 0.1) is 32.4 Å². The van der Waals surface area contributed by atoms with Crippen LogP contribution in [0.15, 0.2) is 71.6 Å². The van der Waals surface area contributed by atoms with Gasteiger partial charge in [-0.2, -0.15) is 5.10 Å². The summed E-state index contributed by atoms with van der Waals surface area (Å²) in [4.78, 5) is 2.11.